The smallest absolute Gasteiger partial charge is 0.303 e. The molecule has 2 fully saturated rings. The van der Waals surface area contributed by atoms with E-state index in [1.165, 1.54) is 19.3 Å². The van der Waals surface area contributed by atoms with Crippen molar-refractivity contribution in [1.29, 1.82) is 0 Å². The average molecular weight is 252 g/mol. The molecule has 0 spiro atoms. The fourth-order valence-corrected chi connectivity index (χ4v) is 4.35. The van der Waals surface area contributed by atoms with Crippen molar-refractivity contribution in [1.82, 2.24) is 0 Å². The number of carbonyl (C=O) groups is 1. The summed E-state index contributed by atoms with van der Waals surface area (Å²) in [4.78, 5) is 10.9. The highest BCUT2D eigenvalue weighted by atomic mass is 16.4. The Morgan fingerprint density at radius 2 is 1.83 bits per heavy atom. The van der Waals surface area contributed by atoms with Gasteiger partial charge in [0.1, 0.15) is 0 Å². The van der Waals surface area contributed by atoms with Crippen molar-refractivity contribution >= 4 is 5.97 Å². The Morgan fingerprint density at radius 1 is 1.17 bits per heavy atom. The Labute approximate surface area is 111 Å². The first kappa shape index (κ1) is 13.9. The quantitative estimate of drug-likeness (QED) is 0.793. The van der Waals surface area contributed by atoms with Gasteiger partial charge >= 0.3 is 5.97 Å². The van der Waals surface area contributed by atoms with Crippen molar-refractivity contribution in [3.05, 3.63) is 0 Å². The van der Waals surface area contributed by atoms with Crippen LogP contribution in [0.1, 0.15) is 66.2 Å². The van der Waals surface area contributed by atoms with E-state index in [1.807, 2.05) is 0 Å². The van der Waals surface area contributed by atoms with Gasteiger partial charge in [-0.3, -0.25) is 4.79 Å². The van der Waals surface area contributed by atoms with Gasteiger partial charge in [-0.15, -0.1) is 0 Å². The van der Waals surface area contributed by atoms with E-state index >= 15 is 0 Å². The molecule has 2 aliphatic rings. The fraction of sp³-hybridized carbons (Fsp3) is 0.938. The number of aliphatic carboxylic acids is 1. The van der Waals surface area contributed by atoms with Gasteiger partial charge in [0.05, 0.1) is 0 Å². The van der Waals surface area contributed by atoms with E-state index in [0.29, 0.717) is 23.2 Å². The van der Waals surface area contributed by atoms with E-state index in [-0.39, 0.29) is 0 Å². The molecule has 0 radical (unpaired) electrons. The number of carboxylic acid groups (broad SMARTS) is 1. The summed E-state index contributed by atoms with van der Waals surface area (Å²) in [6.45, 7) is 9.61. The molecule has 2 rings (SSSR count). The number of hydrogen-bond donors (Lipinski definition) is 1. The second-order valence-corrected chi connectivity index (χ2v) is 7.79. The predicted octanol–water partition coefficient (Wildman–Crippen LogP) is 4.34. The first-order valence-corrected chi connectivity index (χ1v) is 7.46. The van der Waals surface area contributed by atoms with E-state index in [2.05, 4.69) is 27.7 Å². The van der Waals surface area contributed by atoms with E-state index in [1.54, 1.807) is 0 Å². The Balaban J connectivity index is 2.13. The molecule has 1 N–H and O–H groups in total. The van der Waals surface area contributed by atoms with Crippen molar-refractivity contribution in [2.75, 3.05) is 0 Å². The molecule has 0 aromatic heterocycles. The highest BCUT2D eigenvalue weighted by molar-refractivity contribution is 5.67. The zero-order valence-corrected chi connectivity index (χ0v) is 12.3. The lowest BCUT2D eigenvalue weighted by Gasteiger charge is -2.57. The summed E-state index contributed by atoms with van der Waals surface area (Å²) in [5.41, 5.74) is 0.729. The molecular weight excluding hydrogens is 224 g/mol. The Morgan fingerprint density at radius 3 is 2.44 bits per heavy atom. The monoisotopic (exact) mass is 252 g/mol. The third-order valence-corrected chi connectivity index (χ3v) is 6.38. The van der Waals surface area contributed by atoms with Crippen LogP contribution in [0.4, 0.5) is 0 Å². The number of rotatable bonds is 2. The highest BCUT2D eigenvalue weighted by Gasteiger charge is 2.51. The van der Waals surface area contributed by atoms with Crippen molar-refractivity contribution in [2.45, 2.75) is 66.2 Å². The van der Waals surface area contributed by atoms with Crippen LogP contribution >= 0.6 is 0 Å². The molecule has 0 saturated heterocycles. The summed E-state index contributed by atoms with van der Waals surface area (Å²) in [6.07, 6.45) is 6.56. The van der Waals surface area contributed by atoms with Crippen LogP contribution < -0.4 is 0 Å². The van der Waals surface area contributed by atoms with Crippen molar-refractivity contribution in [2.24, 2.45) is 28.6 Å². The number of carboxylic acids is 1. The molecule has 0 aliphatic heterocycles. The molecule has 0 heterocycles. The van der Waals surface area contributed by atoms with Gasteiger partial charge in [-0.2, -0.15) is 0 Å². The minimum absolute atomic E-state index is 0.340. The highest BCUT2D eigenvalue weighted by Crippen LogP contribution is 2.59. The van der Waals surface area contributed by atoms with Crippen molar-refractivity contribution in [3.63, 3.8) is 0 Å². The number of fused-ring (bicyclic) bond motifs is 1. The molecule has 3 unspecified atom stereocenters. The Kier molecular flexibility index (Phi) is 3.50. The second-order valence-electron chi connectivity index (χ2n) is 7.79. The topological polar surface area (TPSA) is 37.3 Å². The third-order valence-electron chi connectivity index (χ3n) is 6.38. The van der Waals surface area contributed by atoms with Crippen LogP contribution in [0.25, 0.3) is 0 Å². The minimum atomic E-state index is -0.619. The van der Waals surface area contributed by atoms with Crippen LogP contribution in [-0.2, 0) is 4.79 Å². The standard InChI is InChI=1S/C16H28O2/c1-15(2)8-7-12-6-5-11(10-14(17)18)9-13(12)16(15,3)4/h11-13H,5-10H2,1-4H3,(H,17,18). The summed E-state index contributed by atoms with van der Waals surface area (Å²) in [5, 5.41) is 8.99. The van der Waals surface area contributed by atoms with Gasteiger partial charge in [0.25, 0.3) is 0 Å². The fourth-order valence-electron chi connectivity index (χ4n) is 4.35. The van der Waals surface area contributed by atoms with Gasteiger partial charge in [-0.05, 0) is 60.7 Å². The van der Waals surface area contributed by atoms with Crippen LogP contribution in [0.15, 0.2) is 0 Å². The summed E-state index contributed by atoms with van der Waals surface area (Å²) in [6, 6.07) is 0. The molecule has 2 heteroatoms. The first-order chi connectivity index (χ1) is 8.24. The van der Waals surface area contributed by atoms with Gasteiger partial charge in [-0.1, -0.05) is 27.7 Å². The van der Waals surface area contributed by atoms with Gasteiger partial charge in [0.15, 0.2) is 0 Å². The van der Waals surface area contributed by atoms with Crippen LogP contribution in [0.5, 0.6) is 0 Å². The number of hydrogen-bond acceptors (Lipinski definition) is 1. The maximum atomic E-state index is 10.9. The van der Waals surface area contributed by atoms with Crippen LogP contribution in [0.2, 0.25) is 0 Å². The van der Waals surface area contributed by atoms with E-state index in [4.69, 9.17) is 5.11 Å². The lowest BCUT2D eigenvalue weighted by atomic mass is 9.48. The van der Waals surface area contributed by atoms with E-state index in [0.717, 1.165) is 24.7 Å². The maximum absolute atomic E-state index is 10.9. The Hall–Kier alpha value is -0.530. The SMILES string of the molecule is CC1(C)CCC2CCC(CC(=O)O)CC2C1(C)C. The molecule has 2 saturated carbocycles. The third kappa shape index (κ3) is 2.31. The zero-order valence-electron chi connectivity index (χ0n) is 12.3. The molecule has 104 valence electrons. The minimum Gasteiger partial charge on any atom is -0.481 e. The van der Waals surface area contributed by atoms with Gasteiger partial charge in [0.2, 0.25) is 0 Å². The van der Waals surface area contributed by atoms with Gasteiger partial charge in [-0.25, -0.2) is 0 Å². The molecule has 18 heavy (non-hydrogen) atoms. The molecule has 0 aromatic carbocycles. The van der Waals surface area contributed by atoms with Gasteiger partial charge < -0.3 is 5.11 Å². The van der Waals surface area contributed by atoms with Crippen molar-refractivity contribution in [3.8, 4) is 0 Å². The van der Waals surface area contributed by atoms with Crippen LogP contribution in [0.3, 0.4) is 0 Å². The lowest BCUT2D eigenvalue weighted by Crippen LogP contribution is -2.49. The molecule has 0 bridgehead atoms. The van der Waals surface area contributed by atoms with Gasteiger partial charge in [0, 0.05) is 6.42 Å². The molecule has 2 aliphatic carbocycles. The average Bonchev–Trinajstić information content (AvgIpc) is 2.24. The summed E-state index contributed by atoms with van der Waals surface area (Å²) < 4.78 is 0. The lowest BCUT2D eigenvalue weighted by molar-refractivity contribution is -0.139. The zero-order chi connectivity index (χ0) is 13.6. The maximum Gasteiger partial charge on any atom is 0.303 e. The summed E-state index contributed by atoms with van der Waals surface area (Å²) in [7, 11) is 0. The second kappa shape index (κ2) is 4.54. The predicted molar refractivity (Wildman–Crippen MR) is 73.4 cm³/mol. The molecular formula is C16H28O2. The van der Waals surface area contributed by atoms with E-state index < -0.39 is 5.97 Å². The van der Waals surface area contributed by atoms with E-state index in [9.17, 15) is 4.79 Å². The normalized spacial score (nSPS) is 37.9. The molecule has 0 amide bonds. The largest absolute Gasteiger partial charge is 0.481 e. The summed E-state index contributed by atoms with van der Waals surface area (Å²) in [5.74, 6) is 1.36. The molecule has 2 nitrogen and oxygen atoms in total. The van der Waals surface area contributed by atoms with Crippen LogP contribution in [-0.4, -0.2) is 11.1 Å². The van der Waals surface area contributed by atoms with Crippen molar-refractivity contribution < 1.29 is 9.90 Å². The first-order valence-electron chi connectivity index (χ1n) is 7.46. The Bertz CT molecular complexity index is 330. The summed E-state index contributed by atoms with van der Waals surface area (Å²) >= 11 is 0. The molecule has 0 aromatic rings. The van der Waals surface area contributed by atoms with Crippen LogP contribution in [0, 0.1) is 28.6 Å². The molecule has 3 atom stereocenters.